The molecule has 3 saturated heterocycles. The van der Waals surface area contributed by atoms with Gasteiger partial charge in [0.25, 0.3) is 0 Å². The van der Waals surface area contributed by atoms with Crippen molar-refractivity contribution in [1.29, 1.82) is 0 Å². The van der Waals surface area contributed by atoms with Crippen molar-refractivity contribution in [2.24, 2.45) is 45.1 Å². The fraction of sp³-hybridized carbons (Fsp3) is 0.931. The smallest absolute Gasteiger partial charge is 0.187 e. The molecule has 0 aromatic carbocycles. The lowest BCUT2D eigenvalue weighted by Crippen LogP contribution is -2.68. The Morgan fingerprint density at radius 1 is 0.673 bits per heavy atom. The number of hydrogen-bond donors (Lipinski definition) is 15. The van der Waals surface area contributed by atoms with Crippen molar-refractivity contribution in [3.63, 3.8) is 0 Å². The average Bonchev–Trinajstić information content (AvgIpc) is 3.40. The number of aliphatic hydroxyl groups excluding tert-OH is 8. The third-order valence-corrected chi connectivity index (χ3v) is 9.87. The Hall–Kier alpha value is -1.82. The number of nitrogens with two attached hydrogens (primary N) is 7. The van der Waals surface area contributed by atoms with Gasteiger partial charge in [0.2, 0.25) is 0 Å². The largest absolute Gasteiger partial charge is 0.394 e. The summed E-state index contributed by atoms with van der Waals surface area (Å²) in [6.07, 6.45) is -22.0. The highest BCUT2D eigenvalue weighted by atomic mass is 16.8. The van der Waals surface area contributed by atoms with Crippen LogP contribution in [0.1, 0.15) is 25.7 Å². The molecule has 20 atom stereocenters. The molecule has 4 aliphatic rings. The van der Waals surface area contributed by atoms with Gasteiger partial charge in [-0.1, -0.05) is 0 Å². The predicted molar refractivity (Wildman–Crippen MR) is 175 cm³/mol. The Kier molecular flexibility index (Phi) is 15.4. The molecule has 0 amide bonds. The molecule has 0 spiro atoms. The fourth-order valence-electron chi connectivity index (χ4n) is 6.70. The van der Waals surface area contributed by atoms with E-state index in [2.05, 4.69) is 4.99 Å². The van der Waals surface area contributed by atoms with Gasteiger partial charge in [0.15, 0.2) is 30.6 Å². The molecule has 1 saturated carbocycles. The van der Waals surface area contributed by atoms with Crippen LogP contribution in [0.4, 0.5) is 0 Å². The van der Waals surface area contributed by atoms with E-state index in [1.807, 2.05) is 0 Å². The van der Waals surface area contributed by atoms with E-state index in [-0.39, 0.29) is 25.3 Å². The zero-order valence-electron chi connectivity index (χ0n) is 28.4. The van der Waals surface area contributed by atoms with E-state index < -0.39 is 148 Å². The van der Waals surface area contributed by atoms with Crippen LogP contribution in [0.2, 0.25) is 0 Å². The molecule has 23 heteroatoms. The van der Waals surface area contributed by atoms with Crippen LogP contribution in [0.3, 0.4) is 0 Å². The molecule has 1 aliphatic carbocycles. The van der Waals surface area contributed by atoms with Gasteiger partial charge in [0.1, 0.15) is 61.0 Å². The lowest BCUT2D eigenvalue weighted by molar-refractivity contribution is -0.310. The number of carbonyl (C=O) groups is 1. The van der Waals surface area contributed by atoms with Gasteiger partial charge in [-0.2, -0.15) is 0 Å². The van der Waals surface area contributed by atoms with Gasteiger partial charge >= 0.3 is 0 Å². The highest BCUT2D eigenvalue weighted by Crippen LogP contribution is 2.34. The molecule has 3 heterocycles. The van der Waals surface area contributed by atoms with Gasteiger partial charge in [-0.3, -0.25) is 9.79 Å². The maximum atomic E-state index is 12.8. The van der Waals surface area contributed by atoms with E-state index in [0.29, 0.717) is 6.42 Å². The van der Waals surface area contributed by atoms with Crippen molar-refractivity contribution in [2.45, 2.75) is 148 Å². The van der Waals surface area contributed by atoms with Crippen LogP contribution >= 0.6 is 0 Å². The maximum absolute atomic E-state index is 12.8. The number of ketones is 1. The molecule has 4 rings (SSSR count). The first-order valence-electron chi connectivity index (χ1n) is 17.1. The number of Topliss-reactive ketones (excluding diaryl/α,β-unsaturated/α-hetero) is 1. The third-order valence-electron chi connectivity index (χ3n) is 9.87. The molecule has 0 aromatic rings. The van der Waals surface area contributed by atoms with Crippen LogP contribution in [-0.2, 0) is 33.2 Å². The standard InChI is InChI=1S/C29H56N8O15/c30-8(2-1-3-37-29(35)36)11(40)5-12-18(42)20(44)15(33)26(47-12)51-24-14(7-39)49-28(22(24)46)52-25-17(41)9(31)4-10(32)23(25)50-27-16(34)21(45)19(43)13(6-38)48-27/h8-10,12-28,38-39,41-46H,1-7,30-34H2,(H4,35,36,37)/t8-,9+,10-,12-,13+,14+,15+,16+,17-,18+,19+,20+,21+,22+,23+,24+,25+,26+,27+,28-/m0/s1. The highest BCUT2D eigenvalue weighted by Gasteiger charge is 2.54. The number of carbonyl (C=O) groups excluding carboxylic acids is 1. The molecule has 23 nitrogen and oxygen atoms in total. The summed E-state index contributed by atoms with van der Waals surface area (Å²) in [6, 6.07) is -5.54. The first kappa shape index (κ1) is 42.9. The average molecular weight is 757 g/mol. The minimum absolute atomic E-state index is 0.0267. The Morgan fingerprint density at radius 3 is 1.77 bits per heavy atom. The van der Waals surface area contributed by atoms with Crippen molar-refractivity contribution in [3.05, 3.63) is 0 Å². The van der Waals surface area contributed by atoms with Crippen molar-refractivity contribution < 1.29 is 74.1 Å². The second-order valence-corrected chi connectivity index (χ2v) is 13.7. The molecule has 0 radical (unpaired) electrons. The Labute approximate surface area is 298 Å². The van der Waals surface area contributed by atoms with Gasteiger partial charge in [-0.15, -0.1) is 0 Å². The fourth-order valence-corrected chi connectivity index (χ4v) is 6.70. The third kappa shape index (κ3) is 9.69. The maximum Gasteiger partial charge on any atom is 0.187 e. The minimum atomic E-state index is -1.72. The second-order valence-electron chi connectivity index (χ2n) is 13.7. The lowest BCUT2D eigenvalue weighted by atomic mass is 9.84. The Morgan fingerprint density at radius 2 is 1.19 bits per heavy atom. The summed E-state index contributed by atoms with van der Waals surface area (Å²) in [4.78, 5) is 16.7. The molecule has 3 aliphatic heterocycles. The van der Waals surface area contributed by atoms with E-state index in [0.717, 1.165) is 0 Å². The molecule has 0 unspecified atom stereocenters. The van der Waals surface area contributed by atoms with Crippen LogP contribution in [0.5, 0.6) is 0 Å². The number of rotatable bonds is 15. The zero-order valence-corrected chi connectivity index (χ0v) is 28.4. The summed E-state index contributed by atoms with van der Waals surface area (Å²) < 4.78 is 34.9. The molecular weight excluding hydrogens is 700 g/mol. The summed E-state index contributed by atoms with van der Waals surface area (Å²) in [5.74, 6) is -0.610. The molecular formula is C29H56N8O15. The van der Waals surface area contributed by atoms with E-state index in [1.54, 1.807) is 0 Å². The van der Waals surface area contributed by atoms with Gasteiger partial charge in [-0.05, 0) is 19.3 Å². The zero-order chi connectivity index (χ0) is 38.6. The van der Waals surface area contributed by atoms with Gasteiger partial charge in [0.05, 0.1) is 43.5 Å². The molecule has 0 bridgehead atoms. The van der Waals surface area contributed by atoms with Gasteiger partial charge in [0, 0.05) is 25.0 Å². The van der Waals surface area contributed by atoms with E-state index in [1.165, 1.54) is 0 Å². The van der Waals surface area contributed by atoms with Crippen LogP contribution in [0.25, 0.3) is 0 Å². The van der Waals surface area contributed by atoms with E-state index in [9.17, 15) is 45.6 Å². The van der Waals surface area contributed by atoms with Crippen LogP contribution < -0.4 is 40.1 Å². The summed E-state index contributed by atoms with van der Waals surface area (Å²) in [5, 5.41) is 84.1. The quantitative estimate of drug-likeness (QED) is 0.0419. The molecule has 0 aromatic heterocycles. The number of aliphatic hydroxyl groups is 8. The van der Waals surface area contributed by atoms with Crippen molar-refractivity contribution in [2.75, 3.05) is 19.8 Å². The first-order chi connectivity index (χ1) is 24.5. The normalized spacial score (nSPS) is 46.1. The minimum Gasteiger partial charge on any atom is -0.394 e. The van der Waals surface area contributed by atoms with Crippen molar-refractivity contribution in [3.8, 4) is 0 Å². The number of ether oxygens (including phenoxy) is 6. The summed E-state index contributed by atoms with van der Waals surface area (Å²) in [6.45, 7) is -1.17. The van der Waals surface area contributed by atoms with E-state index >= 15 is 0 Å². The SMILES string of the molecule is NC(N)=NCCC[C@H](N)C(=O)C[C@@H]1O[C@H](O[C@H]2[C@@H](O)[C@H](O[C@@H]3[C@@H](O)[C@H](N)C[C@H](N)[C@H]3O[C@H]3O[C@H](CO)[C@@H](O)[C@H](O)[C@H]3N)O[C@@H]2CO)[C@H](N)[C@@H](O)[C@@H]1O. The number of hydrogen-bond acceptors (Lipinski definition) is 21. The van der Waals surface area contributed by atoms with E-state index in [4.69, 9.17) is 68.6 Å². The Bertz CT molecular complexity index is 1180. The number of nitrogens with zero attached hydrogens (tertiary/aromatic N) is 1. The summed E-state index contributed by atoms with van der Waals surface area (Å²) in [7, 11) is 0. The summed E-state index contributed by atoms with van der Waals surface area (Å²) in [5.41, 5.74) is 41.2. The number of aliphatic imine (C=N–C) groups is 1. The van der Waals surface area contributed by atoms with Crippen LogP contribution in [0.15, 0.2) is 4.99 Å². The topological polar surface area (TPSA) is 429 Å². The van der Waals surface area contributed by atoms with Crippen molar-refractivity contribution in [1.82, 2.24) is 0 Å². The first-order valence-corrected chi connectivity index (χ1v) is 17.1. The van der Waals surface area contributed by atoms with Crippen molar-refractivity contribution >= 4 is 11.7 Å². The molecule has 4 fully saturated rings. The second kappa shape index (κ2) is 18.7. The molecule has 302 valence electrons. The van der Waals surface area contributed by atoms with Gasteiger partial charge in [-0.25, -0.2) is 0 Å². The van der Waals surface area contributed by atoms with Crippen LogP contribution in [0, 0.1) is 0 Å². The molecule has 52 heavy (non-hydrogen) atoms. The molecule has 22 N–H and O–H groups in total. The number of guanidine groups is 1. The summed E-state index contributed by atoms with van der Waals surface area (Å²) >= 11 is 0. The van der Waals surface area contributed by atoms with Crippen LogP contribution in [-0.4, -0.2) is 195 Å². The Balaban J connectivity index is 1.44. The monoisotopic (exact) mass is 756 g/mol. The predicted octanol–water partition coefficient (Wildman–Crippen LogP) is -9.48. The lowest BCUT2D eigenvalue weighted by Gasteiger charge is -2.47. The highest BCUT2D eigenvalue weighted by molar-refractivity contribution is 5.84. The van der Waals surface area contributed by atoms with Gasteiger partial charge < -0.3 is 109 Å².